The molecule has 1 heterocycles. The summed E-state index contributed by atoms with van der Waals surface area (Å²) in [6, 6.07) is 17.7. The number of benzene rings is 3. The first-order valence-electron chi connectivity index (χ1n) is 10.2. The lowest BCUT2D eigenvalue weighted by Gasteiger charge is -2.35. The summed E-state index contributed by atoms with van der Waals surface area (Å²) in [5, 5.41) is 16.1. The number of allylic oxidation sites excluding steroid dienone is 1. The number of carbonyl (C=O) groups excluding carboxylic acids is 1. The first-order valence-corrected chi connectivity index (χ1v) is 10.2. The lowest BCUT2D eigenvalue weighted by Crippen LogP contribution is -2.27. The van der Waals surface area contributed by atoms with Crippen molar-refractivity contribution in [1.29, 1.82) is 0 Å². The fourth-order valence-electron chi connectivity index (χ4n) is 4.63. The van der Waals surface area contributed by atoms with Crippen LogP contribution in [-0.2, 0) is 4.79 Å². The average molecular weight is 385 g/mol. The molecule has 146 valence electrons. The normalized spacial score (nSPS) is 18.2. The van der Waals surface area contributed by atoms with Crippen LogP contribution in [0.25, 0.3) is 16.3 Å². The van der Waals surface area contributed by atoms with Crippen LogP contribution < -0.4 is 10.1 Å². The van der Waals surface area contributed by atoms with Crippen LogP contribution in [-0.4, -0.2) is 17.5 Å². The van der Waals surface area contributed by atoms with Gasteiger partial charge in [0.1, 0.15) is 0 Å². The third-order valence-electron chi connectivity index (χ3n) is 5.89. The van der Waals surface area contributed by atoms with Crippen molar-refractivity contribution in [3.8, 4) is 11.5 Å². The van der Waals surface area contributed by atoms with Crippen molar-refractivity contribution in [3.05, 3.63) is 71.3 Å². The predicted molar refractivity (Wildman–Crippen MR) is 115 cm³/mol. The zero-order chi connectivity index (χ0) is 20.0. The molecule has 0 aromatic heterocycles. The number of ketones is 1. The zero-order valence-electron chi connectivity index (χ0n) is 16.4. The lowest BCUT2D eigenvalue weighted by atomic mass is 9.77. The molecule has 1 atom stereocenters. The van der Waals surface area contributed by atoms with Crippen LogP contribution in [0.4, 0.5) is 5.69 Å². The van der Waals surface area contributed by atoms with Gasteiger partial charge in [-0.25, -0.2) is 0 Å². The van der Waals surface area contributed by atoms with E-state index in [2.05, 4.69) is 29.6 Å². The molecule has 2 aliphatic rings. The fourth-order valence-corrected chi connectivity index (χ4v) is 4.63. The van der Waals surface area contributed by atoms with Crippen LogP contribution in [0.1, 0.15) is 43.4 Å². The summed E-state index contributed by atoms with van der Waals surface area (Å²) in [6.45, 7) is 2.36. The second kappa shape index (κ2) is 6.96. The third kappa shape index (κ3) is 2.87. The van der Waals surface area contributed by atoms with Gasteiger partial charge < -0.3 is 15.2 Å². The van der Waals surface area contributed by atoms with Crippen LogP contribution in [0.2, 0.25) is 0 Å². The molecule has 0 saturated carbocycles. The summed E-state index contributed by atoms with van der Waals surface area (Å²) in [4.78, 5) is 13.1. The van der Waals surface area contributed by atoms with Crippen molar-refractivity contribution >= 4 is 27.8 Å². The maximum Gasteiger partial charge on any atom is 0.161 e. The standard InChI is InChI=1S/C25H23NO3/c1-2-29-22-14-16(11-13-20(22)27)25-24-18(8-5-9-21(24)28)23-17-7-4-3-6-15(17)10-12-19(23)26-25/h3-4,6-7,10-14,25-27H,2,5,8-9H2,1H3/t25-/m0/s1. The van der Waals surface area contributed by atoms with E-state index in [0.717, 1.165) is 40.8 Å². The highest BCUT2D eigenvalue weighted by atomic mass is 16.5. The van der Waals surface area contributed by atoms with Gasteiger partial charge in [0.2, 0.25) is 0 Å². The Hall–Kier alpha value is -3.27. The van der Waals surface area contributed by atoms with E-state index in [9.17, 15) is 9.90 Å². The number of fused-ring (bicyclic) bond motifs is 4. The lowest BCUT2D eigenvalue weighted by molar-refractivity contribution is -0.116. The molecule has 1 aliphatic carbocycles. The van der Waals surface area contributed by atoms with E-state index in [1.165, 1.54) is 10.8 Å². The number of rotatable bonds is 3. The van der Waals surface area contributed by atoms with E-state index >= 15 is 0 Å². The molecule has 5 rings (SSSR count). The topological polar surface area (TPSA) is 58.6 Å². The van der Waals surface area contributed by atoms with Crippen LogP contribution in [0.5, 0.6) is 11.5 Å². The maximum atomic E-state index is 13.1. The molecule has 4 nitrogen and oxygen atoms in total. The summed E-state index contributed by atoms with van der Waals surface area (Å²) in [5.41, 5.74) is 5.14. The van der Waals surface area contributed by atoms with E-state index < -0.39 is 0 Å². The first-order chi connectivity index (χ1) is 14.2. The summed E-state index contributed by atoms with van der Waals surface area (Å²) < 4.78 is 5.58. The number of Topliss-reactive ketones (excluding diaryl/α,β-unsaturated/α-hetero) is 1. The van der Waals surface area contributed by atoms with E-state index in [1.807, 2.05) is 31.2 Å². The molecular weight excluding hydrogens is 362 g/mol. The Labute approximate surface area is 169 Å². The Kier molecular flexibility index (Phi) is 4.27. The number of hydrogen-bond donors (Lipinski definition) is 2. The molecule has 0 bridgehead atoms. The molecule has 0 spiro atoms. The highest BCUT2D eigenvalue weighted by Gasteiger charge is 2.35. The summed E-state index contributed by atoms with van der Waals surface area (Å²) in [6.07, 6.45) is 2.36. The molecule has 0 amide bonds. The molecule has 0 saturated heterocycles. The Bertz CT molecular complexity index is 1160. The summed E-state index contributed by atoms with van der Waals surface area (Å²) in [5.74, 6) is 0.761. The van der Waals surface area contributed by atoms with Gasteiger partial charge in [0, 0.05) is 23.2 Å². The van der Waals surface area contributed by atoms with Gasteiger partial charge in [0.05, 0.1) is 12.6 Å². The van der Waals surface area contributed by atoms with Gasteiger partial charge in [-0.15, -0.1) is 0 Å². The van der Waals surface area contributed by atoms with E-state index in [0.29, 0.717) is 18.8 Å². The van der Waals surface area contributed by atoms with Gasteiger partial charge >= 0.3 is 0 Å². The zero-order valence-corrected chi connectivity index (χ0v) is 16.4. The minimum absolute atomic E-state index is 0.113. The van der Waals surface area contributed by atoms with Crippen molar-refractivity contribution in [2.75, 3.05) is 11.9 Å². The Morgan fingerprint density at radius 1 is 1.10 bits per heavy atom. The largest absolute Gasteiger partial charge is 0.504 e. The highest BCUT2D eigenvalue weighted by Crippen LogP contribution is 2.48. The second-order valence-corrected chi connectivity index (χ2v) is 7.62. The third-order valence-corrected chi connectivity index (χ3v) is 5.89. The Morgan fingerprint density at radius 2 is 1.97 bits per heavy atom. The van der Waals surface area contributed by atoms with Gasteiger partial charge in [-0.05, 0) is 59.9 Å². The predicted octanol–water partition coefficient (Wildman–Crippen LogP) is 5.62. The average Bonchev–Trinajstić information content (AvgIpc) is 2.74. The minimum atomic E-state index is -0.244. The highest BCUT2D eigenvalue weighted by molar-refractivity contribution is 6.12. The molecule has 0 unspecified atom stereocenters. The quantitative estimate of drug-likeness (QED) is 0.615. The minimum Gasteiger partial charge on any atom is -0.504 e. The van der Waals surface area contributed by atoms with E-state index in [4.69, 9.17) is 4.74 Å². The van der Waals surface area contributed by atoms with Crippen molar-refractivity contribution in [3.63, 3.8) is 0 Å². The van der Waals surface area contributed by atoms with Gasteiger partial charge in [-0.1, -0.05) is 36.4 Å². The second-order valence-electron chi connectivity index (χ2n) is 7.62. The van der Waals surface area contributed by atoms with Gasteiger partial charge in [0.15, 0.2) is 17.3 Å². The fraction of sp³-hybridized carbons (Fsp3) is 0.240. The molecule has 3 aromatic carbocycles. The van der Waals surface area contributed by atoms with Crippen molar-refractivity contribution < 1.29 is 14.6 Å². The smallest absolute Gasteiger partial charge is 0.161 e. The molecule has 4 heteroatoms. The molecular formula is C25H23NO3. The number of aromatic hydroxyl groups is 1. The number of ether oxygens (including phenoxy) is 1. The SMILES string of the molecule is CCOc1cc([C@@H]2Nc3ccc4ccccc4c3C3=C2C(=O)CCC3)ccc1O. The molecule has 1 aliphatic heterocycles. The molecule has 0 radical (unpaired) electrons. The number of anilines is 1. The molecule has 2 N–H and O–H groups in total. The molecule has 3 aromatic rings. The summed E-state index contributed by atoms with van der Waals surface area (Å²) in [7, 11) is 0. The number of carbonyl (C=O) groups is 1. The van der Waals surface area contributed by atoms with Crippen LogP contribution in [0.15, 0.2) is 60.2 Å². The maximum absolute atomic E-state index is 13.1. The van der Waals surface area contributed by atoms with Crippen LogP contribution in [0, 0.1) is 0 Å². The van der Waals surface area contributed by atoms with Crippen molar-refractivity contribution in [1.82, 2.24) is 0 Å². The monoisotopic (exact) mass is 385 g/mol. The Balaban J connectivity index is 1.72. The van der Waals surface area contributed by atoms with E-state index in [-0.39, 0.29) is 17.6 Å². The number of phenolic OH excluding ortho intramolecular Hbond substituents is 1. The van der Waals surface area contributed by atoms with Crippen molar-refractivity contribution in [2.45, 2.75) is 32.2 Å². The van der Waals surface area contributed by atoms with Crippen LogP contribution >= 0.6 is 0 Å². The number of hydrogen-bond acceptors (Lipinski definition) is 4. The Morgan fingerprint density at radius 3 is 2.83 bits per heavy atom. The summed E-state index contributed by atoms with van der Waals surface area (Å²) >= 11 is 0. The molecule has 0 fully saturated rings. The van der Waals surface area contributed by atoms with Gasteiger partial charge in [-0.3, -0.25) is 4.79 Å². The number of phenols is 1. The van der Waals surface area contributed by atoms with Gasteiger partial charge in [-0.2, -0.15) is 0 Å². The number of nitrogens with one attached hydrogen (secondary N) is 1. The first kappa shape index (κ1) is 17.8. The van der Waals surface area contributed by atoms with E-state index in [1.54, 1.807) is 6.07 Å². The van der Waals surface area contributed by atoms with Gasteiger partial charge in [0.25, 0.3) is 0 Å². The van der Waals surface area contributed by atoms with Crippen molar-refractivity contribution in [2.24, 2.45) is 0 Å². The molecule has 29 heavy (non-hydrogen) atoms. The van der Waals surface area contributed by atoms with Crippen LogP contribution in [0.3, 0.4) is 0 Å².